The molecule has 1 fully saturated rings. The minimum absolute atomic E-state index is 0.269. The Morgan fingerprint density at radius 2 is 2.21 bits per heavy atom. The van der Waals surface area contributed by atoms with Gasteiger partial charge < -0.3 is 10.2 Å². The molecule has 0 aliphatic carbocycles. The largest absolute Gasteiger partial charge is 0.419 e. The van der Waals surface area contributed by atoms with Gasteiger partial charge in [-0.2, -0.15) is 0 Å². The number of hydrogen-bond acceptors (Lipinski definition) is 5. The highest BCUT2D eigenvalue weighted by atomic mass is 79.9. The lowest BCUT2D eigenvalue weighted by Gasteiger charge is -2.11. The summed E-state index contributed by atoms with van der Waals surface area (Å²) in [4.78, 5) is 2.24. The molecule has 5 nitrogen and oxygen atoms in total. The van der Waals surface area contributed by atoms with Crippen LogP contribution < -0.4 is 5.73 Å². The highest BCUT2D eigenvalue weighted by molar-refractivity contribution is 9.10. The van der Waals surface area contributed by atoms with Crippen LogP contribution in [-0.2, 0) is 6.54 Å². The van der Waals surface area contributed by atoms with E-state index in [9.17, 15) is 0 Å². The van der Waals surface area contributed by atoms with Gasteiger partial charge in [-0.05, 0) is 34.5 Å². The first-order valence-electron chi connectivity index (χ1n) is 6.27. The minimum Gasteiger partial charge on any atom is -0.419 e. The van der Waals surface area contributed by atoms with Crippen molar-refractivity contribution in [2.75, 3.05) is 13.1 Å². The van der Waals surface area contributed by atoms with Crippen LogP contribution >= 0.6 is 15.9 Å². The second-order valence-corrected chi connectivity index (χ2v) is 5.62. The molecule has 6 heteroatoms. The van der Waals surface area contributed by atoms with E-state index in [1.165, 1.54) is 0 Å². The van der Waals surface area contributed by atoms with Crippen LogP contribution in [0.15, 0.2) is 33.2 Å². The van der Waals surface area contributed by atoms with E-state index in [-0.39, 0.29) is 6.04 Å². The minimum atomic E-state index is 0.269. The normalized spacial score (nSPS) is 20.0. The Morgan fingerprint density at radius 3 is 2.95 bits per heavy atom. The molecule has 0 radical (unpaired) electrons. The molecule has 0 spiro atoms. The lowest BCUT2D eigenvalue weighted by Crippen LogP contribution is -2.26. The average Bonchev–Trinajstić information content (AvgIpc) is 3.00. The van der Waals surface area contributed by atoms with Gasteiger partial charge in [0.05, 0.1) is 12.1 Å². The van der Waals surface area contributed by atoms with Crippen LogP contribution in [0.3, 0.4) is 0 Å². The third kappa shape index (κ3) is 2.86. The Labute approximate surface area is 119 Å². The monoisotopic (exact) mass is 322 g/mol. The molecule has 19 heavy (non-hydrogen) atoms. The summed E-state index contributed by atoms with van der Waals surface area (Å²) in [5.41, 5.74) is 6.80. The van der Waals surface area contributed by atoms with Gasteiger partial charge in [0.25, 0.3) is 0 Å². The summed E-state index contributed by atoms with van der Waals surface area (Å²) in [5.74, 6) is 1.19. The molecule has 2 N–H and O–H groups in total. The van der Waals surface area contributed by atoms with Crippen molar-refractivity contribution in [3.05, 3.63) is 34.6 Å². The van der Waals surface area contributed by atoms with Crippen LogP contribution in [0.4, 0.5) is 0 Å². The first-order valence-corrected chi connectivity index (χ1v) is 7.07. The second-order valence-electron chi connectivity index (χ2n) is 4.76. The van der Waals surface area contributed by atoms with Gasteiger partial charge in [-0.25, -0.2) is 0 Å². The Balaban J connectivity index is 1.75. The van der Waals surface area contributed by atoms with Crippen LogP contribution in [-0.4, -0.2) is 34.2 Å². The molecule has 1 atom stereocenters. The summed E-state index contributed by atoms with van der Waals surface area (Å²) >= 11 is 3.48. The molecule has 1 aliphatic heterocycles. The van der Waals surface area contributed by atoms with E-state index in [0.29, 0.717) is 18.3 Å². The molecule has 2 aromatic rings. The van der Waals surface area contributed by atoms with E-state index in [1.54, 1.807) is 0 Å². The zero-order valence-corrected chi connectivity index (χ0v) is 12.0. The fourth-order valence-electron chi connectivity index (χ4n) is 2.26. The lowest BCUT2D eigenvalue weighted by atomic mass is 10.2. The maximum Gasteiger partial charge on any atom is 0.248 e. The molecule has 1 aromatic heterocycles. The van der Waals surface area contributed by atoms with Crippen molar-refractivity contribution in [3.63, 3.8) is 0 Å². The first kappa shape index (κ1) is 12.8. The zero-order valence-electron chi connectivity index (χ0n) is 10.4. The van der Waals surface area contributed by atoms with Gasteiger partial charge in [-0.1, -0.05) is 12.1 Å². The van der Waals surface area contributed by atoms with Crippen molar-refractivity contribution in [3.8, 4) is 11.5 Å². The fourth-order valence-corrected chi connectivity index (χ4v) is 2.71. The molecule has 1 saturated heterocycles. The number of nitrogens with two attached hydrogens (primary N) is 1. The molecule has 0 unspecified atom stereocenters. The molecule has 0 amide bonds. The van der Waals surface area contributed by atoms with E-state index in [2.05, 4.69) is 31.0 Å². The van der Waals surface area contributed by atoms with Crippen LogP contribution in [0.1, 0.15) is 12.3 Å². The van der Waals surface area contributed by atoms with E-state index >= 15 is 0 Å². The van der Waals surface area contributed by atoms with E-state index in [0.717, 1.165) is 29.5 Å². The zero-order chi connectivity index (χ0) is 13.2. The maximum atomic E-state index is 5.88. The highest BCUT2D eigenvalue weighted by Crippen LogP contribution is 2.27. The number of benzene rings is 1. The fraction of sp³-hybridized carbons (Fsp3) is 0.385. The quantitative estimate of drug-likeness (QED) is 0.936. The van der Waals surface area contributed by atoms with Gasteiger partial charge in [0.1, 0.15) is 0 Å². The van der Waals surface area contributed by atoms with Crippen molar-refractivity contribution < 1.29 is 4.42 Å². The lowest BCUT2D eigenvalue weighted by molar-refractivity contribution is 0.289. The van der Waals surface area contributed by atoms with E-state index < -0.39 is 0 Å². The molecule has 0 bridgehead atoms. The molecule has 2 heterocycles. The van der Waals surface area contributed by atoms with Crippen molar-refractivity contribution in [2.24, 2.45) is 5.73 Å². The number of likely N-dealkylation sites (tertiary alicyclic amines) is 1. The van der Waals surface area contributed by atoms with E-state index in [1.807, 2.05) is 24.3 Å². The Bertz CT molecular complexity index is 571. The molecular formula is C13H15BrN4O. The Morgan fingerprint density at radius 1 is 1.37 bits per heavy atom. The molecule has 0 saturated carbocycles. The molecular weight excluding hydrogens is 308 g/mol. The second kappa shape index (κ2) is 5.40. The topological polar surface area (TPSA) is 68.2 Å². The van der Waals surface area contributed by atoms with Crippen molar-refractivity contribution in [1.82, 2.24) is 15.1 Å². The number of aromatic nitrogens is 2. The highest BCUT2D eigenvalue weighted by Gasteiger charge is 2.21. The van der Waals surface area contributed by atoms with Gasteiger partial charge >= 0.3 is 0 Å². The number of hydrogen-bond donors (Lipinski definition) is 1. The summed E-state index contributed by atoms with van der Waals surface area (Å²) in [6.45, 7) is 2.56. The Hall–Kier alpha value is -1.24. The van der Waals surface area contributed by atoms with Gasteiger partial charge in [0.15, 0.2) is 0 Å². The third-order valence-corrected chi connectivity index (χ3v) is 3.93. The number of halogens is 1. The van der Waals surface area contributed by atoms with Gasteiger partial charge in [-0.3, -0.25) is 4.90 Å². The van der Waals surface area contributed by atoms with E-state index in [4.69, 9.17) is 10.2 Å². The van der Waals surface area contributed by atoms with Crippen LogP contribution in [0, 0.1) is 0 Å². The molecule has 1 aliphatic rings. The molecule has 1 aromatic carbocycles. The molecule has 100 valence electrons. The maximum absolute atomic E-state index is 5.88. The number of nitrogens with zero attached hydrogens (tertiary/aromatic N) is 3. The summed E-state index contributed by atoms with van der Waals surface area (Å²) in [7, 11) is 0. The van der Waals surface area contributed by atoms with Crippen LogP contribution in [0.5, 0.6) is 0 Å². The van der Waals surface area contributed by atoms with Gasteiger partial charge in [-0.15, -0.1) is 10.2 Å². The predicted octanol–water partition coefficient (Wildman–Crippen LogP) is 2.03. The summed E-state index contributed by atoms with van der Waals surface area (Å²) in [6, 6.07) is 8.08. The van der Waals surface area contributed by atoms with Gasteiger partial charge in [0, 0.05) is 23.6 Å². The predicted molar refractivity (Wildman–Crippen MR) is 75.3 cm³/mol. The molecule has 3 rings (SSSR count). The van der Waals surface area contributed by atoms with Gasteiger partial charge in [0.2, 0.25) is 11.8 Å². The van der Waals surface area contributed by atoms with Crippen LogP contribution in [0.2, 0.25) is 0 Å². The average molecular weight is 323 g/mol. The van der Waals surface area contributed by atoms with Crippen molar-refractivity contribution in [1.29, 1.82) is 0 Å². The standard InChI is InChI=1S/C13H15BrN4O/c14-11-4-2-1-3-10(11)13-17-16-12(19-13)8-18-6-5-9(15)7-18/h1-4,9H,5-8,15H2/t9-/m1/s1. The smallest absolute Gasteiger partial charge is 0.248 e. The first-order chi connectivity index (χ1) is 9.22. The summed E-state index contributed by atoms with van der Waals surface area (Å²) in [5, 5.41) is 8.21. The Kier molecular flexibility index (Phi) is 3.63. The number of rotatable bonds is 3. The summed E-state index contributed by atoms with van der Waals surface area (Å²) in [6.07, 6.45) is 1.03. The van der Waals surface area contributed by atoms with Crippen LogP contribution in [0.25, 0.3) is 11.5 Å². The third-order valence-electron chi connectivity index (χ3n) is 3.24. The van der Waals surface area contributed by atoms with Crippen molar-refractivity contribution in [2.45, 2.75) is 19.0 Å². The SMILES string of the molecule is N[C@@H]1CCN(Cc2nnc(-c3ccccc3Br)o2)C1. The van der Waals surface area contributed by atoms with Crippen molar-refractivity contribution >= 4 is 15.9 Å². The summed E-state index contributed by atoms with van der Waals surface area (Å²) < 4.78 is 6.67.